The van der Waals surface area contributed by atoms with Crippen molar-refractivity contribution in [1.82, 2.24) is 4.98 Å². The molecular formula is C16H21N3. The molecule has 1 fully saturated rings. The summed E-state index contributed by atoms with van der Waals surface area (Å²) in [5, 5.41) is 2.29. The van der Waals surface area contributed by atoms with Crippen LogP contribution in [0.5, 0.6) is 0 Å². The molecule has 1 aromatic carbocycles. The number of nitrogens with zero attached hydrogens (tertiary/aromatic N) is 2. The maximum Gasteiger partial charge on any atom is 0.0450 e. The van der Waals surface area contributed by atoms with Crippen molar-refractivity contribution < 1.29 is 0 Å². The number of nitrogens with two attached hydrogens (primary N) is 1. The molecule has 1 saturated heterocycles. The van der Waals surface area contributed by atoms with E-state index >= 15 is 0 Å². The zero-order valence-corrected chi connectivity index (χ0v) is 11.5. The highest BCUT2D eigenvalue weighted by atomic mass is 15.2. The predicted octanol–water partition coefficient (Wildman–Crippen LogP) is 3.59. The second-order valence-corrected chi connectivity index (χ2v) is 5.49. The second kappa shape index (κ2) is 5.08. The van der Waals surface area contributed by atoms with Crippen LogP contribution < -0.4 is 10.6 Å². The Bertz CT molecular complexity index is 579. The second-order valence-electron chi connectivity index (χ2n) is 5.49. The van der Waals surface area contributed by atoms with E-state index in [2.05, 4.69) is 28.9 Å². The maximum atomic E-state index is 6.06. The quantitative estimate of drug-likeness (QED) is 0.792. The average Bonchev–Trinajstić information content (AvgIpc) is 2.65. The summed E-state index contributed by atoms with van der Waals surface area (Å²) in [4.78, 5) is 6.74. The molecule has 1 aliphatic rings. The number of nitrogen functional groups attached to an aromatic ring is 1. The van der Waals surface area contributed by atoms with Crippen molar-refractivity contribution in [2.75, 3.05) is 17.2 Å². The van der Waals surface area contributed by atoms with Gasteiger partial charge < -0.3 is 10.6 Å². The van der Waals surface area contributed by atoms with Crippen molar-refractivity contribution >= 4 is 22.1 Å². The van der Waals surface area contributed by atoms with Crippen LogP contribution in [0, 0.1) is 0 Å². The molecule has 0 saturated carbocycles. The molecule has 3 heteroatoms. The molecule has 1 aromatic heterocycles. The van der Waals surface area contributed by atoms with Crippen molar-refractivity contribution in [2.24, 2.45) is 0 Å². The van der Waals surface area contributed by atoms with Crippen LogP contribution in [-0.4, -0.2) is 17.6 Å². The molecular weight excluding hydrogens is 234 g/mol. The van der Waals surface area contributed by atoms with Crippen molar-refractivity contribution in [3.05, 3.63) is 30.6 Å². The summed E-state index contributed by atoms with van der Waals surface area (Å²) in [6, 6.07) is 6.86. The fraction of sp³-hybridized carbons (Fsp3) is 0.438. The van der Waals surface area contributed by atoms with Gasteiger partial charge in [0, 0.05) is 47.1 Å². The van der Waals surface area contributed by atoms with Gasteiger partial charge in [0.1, 0.15) is 0 Å². The van der Waals surface area contributed by atoms with Gasteiger partial charge in [0.2, 0.25) is 0 Å². The topological polar surface area (TPSA) is 42.1 Å². The molecule has 0 amide bonds. The average molecular weight is 255 g/mol. The van der Waals surface area contributed by atoms with Crippen LogP contribution >= 0.6 is 0 Å². The zero-order chi connectivity index (χ0) is 13.2. The van der Waals surface area contributed by atoms with E-state index in [-0.39, 0.29) is 0 Å². The highest BCUT2D eigenvalue weighted by Crippen LogP contribution is 2.33. The maximum absolute atomic E-state index is 6.06. The zero-order valence-electron chi connectivity index (χ0n) is 11.5. The molecule has 100 valence electrons. The predicted molar refractivity (Wildman–Crippen MR) is 81.4 cm³/mol. The summed E-state index contributed by atoms with van der Waals surface area (Å²) in [5.74, 6) is 0. The molecule has 0 aliphatic carbocycles. The van der Waals surface area contributed by atoms with Gasteiger partial charge in [0.05, 0.1) is 0 Å². The van der Waals surface area contributed by atoms with Gasteiger partial charge in [-0.1, -0.05) is 12.8 Å². The Hall–Kier alpha value is -1.77. The van der Waals surface area contributed by atoms with Gasteiger partial charge in [-0.3, -0.25) is 4.98 Å². The molecule has 3 nitrogen and oxygen atoms in total. The normalized spacial score (nSPS) is 20.5. The third kappa shape index (κ3) is 2.25. The first-order valence-electron chi connectivity index (χ1n) is 7.16. The molecule has 0 spiro atoms. The highest BCUT2D eigenvalue weighted by molar-refractivity contribution is 6.00. The highest BCUT2D eigenvalue weighted by Gasteiger charge is 2.19. The molecule has 2 aromatic rings. The third-order valence-corrected chi connectivity index (χ3v) is 4.19. The van der Waals surface area contributed by atoms with Crippen molar-refractivity contribution in [3.8, 4) is 0 Å². The van der Waals surface area contributed by atoms with Gasteiger partial charge in [-0.15, -0.1) is 0 Å². The Labute approximate surface area is 114 Å². The van der Waals surface area contributed by atoms with Crippen molar-refractivity contribution in [3.63, 3.8) is 0 Å². The number of fused-ring (bicyclic) bond motifs is 1. The molecule has 1 unspecified atom stereocenters. The van der Waals surface area contributed by atoms with Crippen LogP contribution in [-0.2, 0) is 0 Å². The molecule has 0 radical (unpaired) electrons. The lowest BCUT2D eigenvalue weighted by Crippen LogP contribution is -2.32. The first-order chi connectivity index (χ1) is 9.27. The number of hydrogen-bond acceptors (Lipinski definition) is 3. The Morgan fingerprint density at radius 2 is 2.05 bits per heavy atom. The Balaban J connectivity index is 2.11. The molecule has 19 heavy (non-hydrogen) atoms. The van der Waals surface area contributed by atoms with Crippen LogP contribution in [0.1, 0.15) is 32.6 Å². The van der Waals surface area contributed by atoms with Crippen LogP contribution in [0.4, 0.5) is 11.4 Å². The summed E-state index contributed by atoms with van der Waals surface area (Å²) >= 11 is 0. The van der Waals surface area contributed by atoms with E-state index in [0.29, 0.717) is 6.04 Å². The number of anilines is 2. The minimum Gasteiger partial charge on any atom is -0.398 e. The molecule has 0 bridgehead atoms. The van der Waals surface area contributed by atoms with Gasteiger partial charge in [0.15, 0.2) is 0 Å². The monoisotopic (exact) mass is 255 g/mol. The molecule has 3 rings (SSSR count). The van der Waals surface area contributed by atoms with Gasteiger partial charge in [-0.25, -0.2) is 0 Å². The van der Waals surface area contributed by atoms with Gasteiger partial charge in [0.25, 0.3) is 0 Å². The van der Waals surface area contributed by atoms with E-state index in [0.717, 1.165) is 17.6 Å². The summed E-state index contributed by atoms with van der Waals surface area (Å²) in [5.41, 5.74) is 8.18. The molecule has 2 N–H and O–H groups in total. The van der Waals surface area contributed by atoms with E-state index in [1.165, 1.54) is 36.8 Å². The fourth-order valence-electron chi connectivity index (χ4n) is 3.08. The first kappa shape index (κ1) is 12.3. The Kier molecular flexibility index (Phi) is 3.28. The van der Waals surface area contributed by atoms with E-state index in [1.807, 2.05) is 18.5 Å². The van der Waals surface area contributed by atoms with Crippen molar-refractivity contribution in [1.29, 1.82) is 0 Å². The van der Waals surface area contributed by atoms with Crippen LogP contribution in [0.2, 0.25) is 0 Å². The van der Waals surface area contributed by atoms with E-state index in [9.17, 15) is 0 Å². The van der Waals surface area contributed by atoms with E-state index < -0.39 is 0 Å². The van der Waals surface area contributed by atoms with E-state index in [4.69, 9.17) is 5.73 Å². The third-order valence-electron chi connectivity index (χ3n) is 4.19. The molecule has 1 atom stereocenters. The van der Waals surface area contributed by atoms with Crippen molar-refractivity contribution in [2.45, 2.75) is 38.6 Å². The largest absolute Gasteiger partial charge is 0.398 e. The van der Waals surface area contributed by atoms with Crippen LogP contribution in [0.25, 0.3) is 10.8 Å². The smallest absolute Gasteiger partial charge is 0.0450 e. The van der Waals surface area contributed by atoms with Gasteiger partial charge >= 0.3 is 0 Å². The number of rotatable bonds is 1. The lowest BCUT2D eigenvalue weighted by atomic mass is 10.1. The number of aromatic nitrogens is 1. The summed E-state index contributed by atoms with van der Waals surface area (Å²) in [7, 11) is 0. The fourth-order valence-corrected chi connectivity index (χ4v) is 3.08. The van der Waals surface area contributed by atoms with E-state index in [1.54, 1.807) is 0 Å². The summed E-state index contributed by atoms with van der Waals surface area (Å²) < 4.78 is 0. The summed E-state index contributed by atoms with van der Waals surface area (Å²) in [6.07, 6.45) is 8.96. The molecule has 2 heterocycles. The van der Waals surface area contributed by atoms with Gasteiger partial charge in [-0.05, 0) is 38.0 Å². The minimum absolute atomic E-state index is 0.600. The Morgan fingerprint density at radius 3 is 2.95 bits per heavy atom. The number of hydrogen-bond donors (Lipinski definition) is 1. The Morgan fingerprint density at radius 1 is 1.16 bits per heavy atom. The number of benzene rings is 1. The first-order valence-corrected chi connectivity index (χ1v) is 7.16. The molecule has 1 aliphatic heterocycles. The lowest BCUT2D eigenvalue weighted by Gasteiger charge is -2.30. The number of pyridine rings is 1. The minimum atomic E-state index is 0.600. The summed E-state index contributed by atoms with van der Waals surface area (Å²) in [6.45, 7) is 3.47. The van der Waals surface area contributed by atoms with Crippen LogP contribution in [0.3, 0.4) is 0 Å². The lowest BCUT2D eigenvalue weighted by molar-refractivity contribution is 0.617. The van der Waals surface area contributed by atoms with Gasteiger partial charge in [-0.2, -0.15) is 0 Å². The standard InChI is InChI=1S/C16H21N3/c1-12-5-3-2-4-10-19(12)16-7-6-15(17)14-11-18-9-8-13(14)16/h6-9,11-12H,2-5,10,17H2,1H3. The van der Waals surface area contributed by atoms with Crippen LogP contribution in [0.15, 0.2) is 30.6 Å². The SMILES string of the molecule is CC1CCCCCN1c1ccc(N)c2cnccc12.